The first-order valence-electron chi connectivity index (χ1n) is 7.15. The highest BCUT2D eigenvalue weighted by molar-refractivity contribution is 5.79. The van der Waals surface area contributed by atoms with Gasteiger partial charge in [0.1, 0.15) is 5.75 Å². The van der Waals surface area contributed by atoms with E-state index in [1.165, 1.54) is 19.3 Å². The molecule has 1 fully saturated rings. The summed E-state index contributed by atoms with van der Waals surface area (Å²) in [5.74, 6) is 1.27. The molecular formula is C16H23NO2. The predicted octanol–water partition coefficient (Wildman–Crippen LogP) is 3.45. The third kappa shape index (κ3) is 3.72. The molecule has 1 aliphatic rings. The van der Waals surface area contributed by atoms with E-state index in [-0.39, 0.29) is 17.9 Å². The predicted molar refractivity (Wildman–Crippen MR) is 76.1 cm³/mol. The van der Waals surface area contributed by atoms with Crippen LogP contribution in [0.3, 0.4) is 0 Å². The number of carbonyl (C=O) groups is 1. The van der Waals surface area contributed by atoms with Crippen LogP contribution in [0.2, 0.25) is 0 Å². The van der Waals surface area contributed by atoms with Crippen LogP contribution in [0.1, 0.15) is 50.6 Å². The first kappa shape index (κ1) is 13.9. The van der Waals surface area contributed by atoms with E-state index in [1.807, 2.05) is 31.2 Å². The second-order valence-corrected chi connectivity index (χ2v) is 5.34. The number of methoxy groups -OCH3 is 1. The van der Waals surface area contributed by atoms with Crippen molar-refractivity contribution >= 4 is 5.91 Å². The van der Waals surface area contributed by atoms with Gasteiger partial charge in [0.05, 0.1) is 13.2 Å². The van der Waals surface area contributed by atoms with Gasteiger partial charge in [0, 0.05) is 5.92 Å². The highest BCUT2D eigenvalue weighted by atomic mass is 16.5. The second kappa shape index (κ2) is 6.60. The quantitative estimate of drug-likeness (QED) is 0.901. The van der Waals surface area contributed by atoms with E-state index in [0.29, 0.717) is 0 Å². The number of hydrogen-bond donors (Lipinski definition) is 1. The summed E-state index contributed by atoms with van der Waals surface area (Å²) in [5.41, 5.74) is 1.12. The summed E-state index contributed by atoms with van der Waals surface area (Å²) in [6.45, 7) is 2.03. The summed E-state index contributed by atoms with van der Waals surface area (Å²) in [5, 5.41) is 3.12. The van der Waals surface area contributed by atoms with Gasteiger partial charge < -0.3 is 10.1 Å². The molecule has 104 valence electrons. The Balaban J connectivity index is 1.91. The molecule has 0 saturated heterocycles. The Kier molecular flexibility index (Phi) is 4.83. The van der Waals surface area contributed by atoms with E-state index >= 15 is 0 Å². The van der Waals surface area contributed by atoms with Crippen LogP contribution >= 0.6 is 0 Å². The fourth-order valence-electron chi connectivity index (χ4n) is 2.67. The van der Waals surface area contributed by atoms with Gasteiger partial charge in [-0.1, -0.05) is 31.4 Å². The van der Waals surface area contributed by atoms with Gasteiger partial charge >= 0.3 is 0 Å². The molecular weight excluding hydrogens is 238 g/mol. The zero-order chi connectivity index (χ0) is 13.7. The number of benzene rings is 1. The lowest BCUT2D eigenvalue weighted by Gasteiger charge is -2.23. The van der Waals surface area contributed by atoms with Crippen LogP contribution in [0, 0.1) is 5.92 Å². The topological polar surface area (TPSA) is 38.3 Å². The molecule has 0 bridgehead atoms. The van der Waals surface area contributed by atoms with Crippen molar-refractivity contribution in [3.8, 4) is 5.75 Å². The number of carbonyl (C=O) groups excluding carboxylic acids is 1. The Morgan fingerprint density at radius 2 is 1.84 bits per heavy atom. The first-order valence-corrected chi connectivity index (χ1v) is 7.15. The average Bonchev–Trinajstić information content (AvgIpc) is 2.48. The fourth-order valence-corrected chi connectivity index (χ4v) is 2.67. The van der Waals surface area contributed by atoms with Crippen LogP contribution < -0.4 is 10.1 Å². The molecule has 1 aromatic rings. The molecule has 2 rings (SSSR count). The molecule has 0 spiro atoms. The zero-order valence-corrected chi connectivity index (χ0v) is 11.8. The van der Waals surface area contributed by atoms with Crippen molar-refractivity contribution in [2.75, 3.05) is 7.11 Å². The van der Waals surface area contributed by atoms with Gasteiger partial charge in [0.2, 0.25) is 5.91 Å². The second-order valence-electron chi connectivity index (χ2n) is 5.34. The smallest absolute Gasteiger partial charge is 0.223 e. The molecule has 1 N–H and O–H groups in total. The van der Waals surface area contributed by atoms with Crippen molar-refractivity contribution < 1.29 is 9.53 Å². The van der Waals surface area contributed by atoms with E-state index in [4.69, 9.17) is 4.74 Å². The third-order valence-corrected chi connectivity index (χ3v) is 3.95. The van der Waals surface area contributed by atoms with Crippen molar-refractivity contribution in [2.24, 2.45) is 5.92 Å². The van der Waals surface area contributed by atoms with Crippen LogP contribution in [-0.4, -0.2) is 13.0 Å². The maximum absolute atomic E-state index is 12.2. The van der Waals surface area contributed by atoms with Crippen LogP contribution in [0.5, 0.6) is 5.75 Å². The van der Waals surface area contributed by atoms with Gasteiger partial charge in [-0.3, -0.25) is 4.79 Å². The zero-order valence-electron chi connectivity index (χ0n) is 11.8. The summed E-state index contributed by atoms with van der Waals surface area (Å²) in [7, 11) is 1.66. The Morgan fingerprint density at radius 1 is 1.21 bits per heavy atom. The third-order valence-electron chi connectivity index (χ3n) is 3.95. The minimum absolute atomic E-state index is 0.0559. The lowest BCUT2D eigenvalue weighted by atomic mass is 9.88. The van der Waals surface area contributed by atoms with Crippen molar-refractivity contribution in [3.63, 3.8) is 0 Å². The van der Waals surface area contributed by atoms with E-state index in [0.717, 1.165) is 24.2 Å². The summed E-state index contributed by atoms with van der Waals surface area (Å²) < 4.78 is 5.14. The molecule has 1 aliphatic carbocycles. The van der Waals surface area contributed by atoms with Crippen molar-refractivity contribution in [1.29, 1.82) is 0 Å². The Morgan fingerprint density at radius 3 is 2.42 bits per heavy atom. The number of hydrogen-bond acceptors (Lipinski definition) is 2. The van der Waals surface area contributed by atoms with Gasteiger partial charge in [-0.25, -0.2) is 0 Å². The first-order chi connectivity index (χ1) is 9.20. The summed E-state index contributed by atoms with van der Waals surface area (Å²) in [6.07, 6.45) is 5.74. The molecule has 19 heavy (non-hydrogen) atoms. The molecule has 0 unspecified atom stereocenters. The van der Waals surface area contributed by atoms with Crippen LogP contribution in [0.4, 0.5) is 0 Å². The summed E-state index contributed by atoms with van der Waals surface area (Å²) in [4.78, 5) is 12.2. The van der Waals surface area contributed by atoms with Crippen molar-refractivity contribution in [2.45, 2.75) is 45.1 Å². The number of rotatable bonds is 4. The summed E-state index contributed by atoms with van der Waals surface area (Å²) >= 11 is 0. The molecule has 1 amide bonds. The minimum atomic E-state index is 0.0559. The molecule has 0 aliphatic heterocycles. The SMILES string of the molecule is COc1ccc([C@H](C)NC(=O)C2CCCCC2)cc1. The van der Waals surface area contributed by atoms with Crippen LogP contribution in [0.25, 0.3) is 0 Å². The lowest BCUT2D eigenvalue weighted by molar-refractivity contribution is -0.126. The molecule has 1 saturated carbocycles. The van der Waals surface area contributed by atoms with Gasteiger partial charge in [-0.15, -0.1) is 0 Å². The largest absolute Gasteiger partial charge is 0.497 e. The minimum Gasteiger partial charge on any atom is -0.497 e. The Hall–Kier alpha value is -1.51. The average molecular weight is 261 g/mol. The maximum atomic E-state index is 12.2. The number of ether oxygens (including phenoxy) is 1. The molecule has 1 atom stereocenters. The fraction of sp³-hybridized carbons (Fsp3) is 0.562. The molecule has 0 heterocycles. The van der Waals surface area contributed by atoms with Gasteiger partial charge in [0.25, 0.3) is 0 Å². The molecule has 3 nitrogen and oxygen atoms in total. The van der Waals surface area contributed by atoms with Crippen LogP contribution in [-0.2, 0) is 4.79 Å². The molecule has 0 radical (unpaired) electrons. The van der Waals surface area contributed by atoms with Crippen molar-refractivity contribution in [1.82, 2.24) is 5.32 Å². The highest BCUT2D eigenvalue weighted by Gasteiger charge is 2.22. The number of amides is 1. The standard InChI is InChI=1S/C16H23NO2/c1-12(13-8-10-15(19-2)11-9-13)17-16(18)14-6-4-3-5-7-14/h8-12,14H,3-7H2,1-2H3,(H,17,18)/t12-/m0/s1. The molecule has 1 aromatic carbocycles. The van der Waals surface area contributed by atoms with E-state index in [9.17, 15) is 4.79 Å². The van der Waals surface area contributed by atoms with E-state index in [2.05, 4.69) is 5.32 Å². The molecule has 0 aromatic heterocycles. The maximum Gasteiger partial charge on any atom is 0.223 e. The van der Waals surface area contributed by atoms with Gasteiger partial charge in [-0.2, -0.15) is 0 Å². The highest BCUT2D eigenvalue weighted by Crippen LogP contribution is 2.25. The van der Waals surface area contributed by atoms with Crippen molar-refractivity contribution in [3.05, 3.63) is 29.8 Å². The Labute approximate surface area is 115 Å². The Bertz CT molecular complexity index is 407. The monoisotopic (exact) mass is 261 g/mol. The van der Waals surface area contributed by atoms with Gasteiger partial charge in [0.15, 0.2) is 0 Å². The van der Waals surface area contributed by atoms with E-state index in [1.54, 1.807) is 7.11 Å². The van der Waals surface area contributed by atoms with E-state index < -0.39 is 0 Å². The normalized spacial score (nSPS) is 17.8. The van der Waals surface area contributed by atoms with Gasteiger partial charge in [-0.05, 0) is 37.5 Å². The van der Waals surface area contributed by atoms with Crippen LogP contribution in [0.15, 0.2) is 24.3 Å². The lowest BCUT2D eigenvalue weighted by Crippen LogP contribution is -2.33. The summed E-state index contributed by atoms with van der Waals surface area (Å²) in [6, 6.07) is 7.92. The molecule has 3 heteroatoms. The number of nitrogens with one attached hydrogen (secondary N) is 1.